The fraction of sp³-hybridized carbons (Fsp3) is 0.0492. The van der Waals surface area contributed by atoms with E-state index in [1.165, 1.54) is 50.1 Å². The van der Waals surface area contributed by atoms with Crippen LogP contribution in [0.3, 0.4) is 0 Å². The zero-order valence-electron chi connectivity index (χ0n) is 35.7. The monoisotopic (exact) mass is 820 g/mol. The molecule has 64 heavy (non-hydrogen) atoms. The molecule has 1 aliphatic carbocycles. The molecule has 304 valence electrons. The molecule has 0 atom stereocenters. The molecule has 0 unspecified atom stereocenters. The van der Waals surface area contributed by atoms with Crippen LogP contribution < -0.4 is 14.5 Å². The lowest BCUT2D eigenvalue weighted by Crippen LogP contribution is -2.16. The molecule has 0 saturated carbocycles. The first-order valence-electron chi connectivity index (χ1n) is 22.1. The van der Waals surface area contributed by atoms with Crippen molar-refractivity contribution >= 4 is 44.9 Å². The number of para-hydroxylation sites is 2. The molecule has 0 N–H and O–H groups in total. The van der Waals surface area contributed by atoms with Crippen molar-refractivity contribution in [1.82, 2.24) is 0 Å². The van der Waals surface area contributed by atoms with Crippen LogP contribution in [0.2, 0.25) is 0 Å². The van der Waals surface area contributed by atoms with Crippen LogP contribution in [0.1, 0.15) is 25.0 Å². The highest BCUT2D eigenvalue weighted by molar-refractivity contribution is 6.06. The number of nitrogens with zero attached hydrogens (tertiary/aromatic N) is 2. The van der Waals surface area contributed by atoms with Crippen LogP contribution in [0, 0.1) is 0 Å². The van der Waals surface area contributed by atoms with E-state index in [-0.39, 0.29) is 5.41 Å². The maximum atomic E-state index is 7.09. The van der Waals surface area contributed by atoms with Gasteiger partial charge in [0.1, 0.15) is 11.5 Å². The highest BCUT2D eigenvalue weighted by Gasteiger charge is 2.36. The number of rotatable bonds is 8. The van der Waals surface area contributed by atoms with Crippen molar-refractivity contribution in [2.75, 3.05) is 9.80 Å². The summed E-state index contributed by atoms with van der Waals surface area (Å²) in [4.78, 5) is 4.68. The summed E-state index contributed by atoms with van der Waals surface area (Å²) in [5.41, 5.74) is 18.6. The van der Waals surface area contributed by atoms with E-state index in [1.54, 1.807) is 0 Å². The van der Waals surface area contributed by atoms with E-state index >= 15 is 0 Å². The Morgan fingerprint density at radius 1 is 0.312 bits per heavy atom. The first-order valence-corrected chi connectivity index (χ1v) is 22.1. The van der Waals surface area contributed by atoms with Crippen LogP contribution >= 0.6 is 0 Å². The molecule has 0 aromatic heterocycles. The topological polar surface area (TPSA) is 15.7 Å². The Labute approximate surface area is 374 Å². The van der Waals surface area contributed by atoms with Gasteiger partial charge < -0.3 is 14.5 Å². The lowest BCUT2D eigenvalue weighted by Gasteiger charge is -2.30. The molecule has 0 radical (unpaired) electrons. The van der Waals surface area contributed by atoms with Crippen molar-refractivity contribution in [3.63, 3.8) is 0 Å². The maximum Gasteiger partial charge on any atom is 0.138 e. The van der Waals surface area contributed by atoms with Gasteiger partial charge in [-0.25, -0.2) is 0 Å². The fourth-order valence-electron chi connectivity index (χ4n) is 10.1. The van der Waals surface area contributed by atoms with Gasteiger partial charge in [-0.3, -0.25) is 0 Å². The minimum absolute atomic E-state index is 0.143. The third-order valence-corrected chi connectivity index (χ3v) is 13.2. The van der Waals surface area contributed by atoms with Crippen molar-refractivity contribution < 1.29 is 4.74 Å². The van der Waals surface area contributed by atoms with Gasteiger partial charge in [0.25, 0.3) is 0 Å². The lowest BCUT2D eigenvalue weighted by molar-refractivity contribution is 0.487. The standard InChI is InChI=1S/C61H44N2O/c1-61(2)56-24-13-12-22-52(56)53-35-33-49(38-57(53)61)63(48-31-29-44(30-32-48)43-27-25-42(26-28-43)41-15-6-3-7-16-41)50-34-36-54-55-23-14-17-45-37-51(40-59(60(45)55)64-58(54)39-50)62(46-18-8-4-9-19-46)47-20-10-5-11-21-47/h3-40H,1-2H3. The Balaban J connectivity index is 0.967. The molecule has 3 nitrogen and oxygen atoms in total. The zero-order valence-corrected chi connectivity index (χ0v) is 35.7. The predicted molar refractivity (Wildman–Crippen MR) is 267 cm³/mol. The highest BCUT2D eigenvalue weighted by Crippen LogP contribution is 2.53. The van der Waals surface area contributed by atoms with Crippen molar-refractivity contribution in [3.8, 4) is 56.0 Å². The minimum Gasteiger partial charge on any atom is -0.456 e. The molecule has 10 aromatic carbocycles. The third-order valence-electron chi connectivity index (χ3n) is 13.2. The summed E-state index contributed by atoms with van der Waals surface area (Å²) in [5, 5.41) is 2.26. The largest absolute Gasteiger partial charge is 0.456 e. The second kappa shape index (κ2) is 15.0. The van der Waals surface area contributed by atoms with Gasteiger partial charge in [0.15, 0.2) is 0 Å². The van der Waals surface area contributed by atoms with E-state index in [1.807, 2.05) is 0 Å². The van der Waals surface area contributed by atoms with Crippen LogP contribution in [0.4, 0.5) is 34.1 Å². The Kier molecular flexibility index (Phi) is 8.84. The molecule has 10 aromatic rings. The van der Waals surface area contributed by atoms with Crippen molar-refractivity contribution in [2.45, 2.75) is 19.3 Å². The SMILES string of the molecule is CC1(C)c2ccccc2-c2ccc(N(c3ccc(-c4ccc(-c5ccccc5)cc4)cc3)c3ccc4c(c3)Oc3cc(N(c5ccccc5)c5ccccc5)cc5cccc-4c35)cc21. The van der Waals surface area contributed by atoms with Crippen LogP contribution in [-0.2, 0) is 5.41 Å². The summed E-state index contributed by atoms with van der Waals surface area (Å²) in [6, 6.07) is 83.1. The average Bonchev–Trinajstić information content (AvgIpc) is 3.58. The summed E-state index contributed by atoms with van der Waals surface area (Å²) < 4.78 is 7.09. The van der Waals surface area contributed by atoms with Gasteiger partial charge >= 0.3 is 0 Å². The fourth-order valence-corrected chi connectivity index (χ4v) is 10.1. The molecule has 0 spiro atoms. The van der Waals surface area contributed by atoms with Crippen molar-refractivity contribution in [1.29, 1.82) is 0 Å². The summed E-state index contributed by atoms with van der Waals surface area (Å²) in [5.74, 6) is 1.67. The first kappa shape index (κ1) is 37.6. The number of fused-ring (bicyclic) bond motifs is 5. The quantitative estimate of drug-likeness (QED) is 0.152. The number of benzene rings is 10. The van der Waals surface area contributed by atoms with Gasteiger partial charge in [-0.05, 0) is 122 Å². The molecule has 2 aliphatic rings. The van der Waals surface area contributed by atoms with Gasteiger partial charge in [-0.15, -0.1) is 0 Å². The minimum atomic E-state index is -0.143. The summed E-state index contributed by atoms with van der Waals surface area (Å²) in [6.45, 7) is 4.69. The van der Waals surface area contributed by atoms with E-state index in [0.717, 1.165) is 62.0 Å². The summed E-state index contributed by atoms with van der Waals surface area (Å²) in [7, 11) is 0. The van der Waals surface area contributed by atoms with Gasteiger partial charge in [-0.2, -0.15) is 0 Å². The van der Waals surface area contributed by atoms with Crippen LogP contribution in [0.15, 0.2) is 231 Å². The lowest BCUT2D eigenvalue weighted by atomic mass is 9.82. The van der Waals surface area contributed by atoms with Crippen LogP contribution in [-0.4, -0.2) is 0 Å². The average molecular weight is 821 g/mol. The van der Waals surface area contributed by atoms with Gasteiger partial charge in [0, 0.05) is 56.9 Å². The van der Waals surface area contributed by atoms with Crippen LogP contribution in [0.25, 0.3) is 55.3 Å². The van der Waals surface area contributed by atoms with Gasteiger partial charge in [0.2, 0.25) is 0 Å². The molecule has 12 rings (SSSR count). The number of hydrogen-bond acceptors (Lipinski definition) is 3. The number of ether oxygens (including phenoxy) is 1. The van der Waals surface area contributed by atoms with E-state index in [9.17, 15) is 0 Å². The Morgan fingerprint density at radius 2 is 0.781 bits per heavy atom. The molecule has 0 saturated heterocycles. The van der Waals surface area contributed by atoms with E-state index in [4.69, 9.17) is 4.74 Å². The number of anilines is 6. The van der Waals surface area contributed by atoms with Crippen molar-refractivity contribution in [3.05, 3.63) is 242 Å². The molecule has 1 heterocycles. The predicted octanol–water partition coefficient (Wildman–Crippen LogP) is 17.2. The first-order chi connectivity index (χ1) is 31.5. The summed E-state index contributed by atoms with van der Waals surface area (Å²) >= 11 is 0. The third kappa shape index (κ3) is 6.28. The molecule has 0 amide bonds. The molecule has 0 fully saturated rings. The van der Waals surface area contributed by atoms with Crippen LogP contribution in [0.5, 0.6) is 11.5 Å². The van der Waals surface area contributed by atoms with Gasteiger partial charge in [0.05, 0.1) is 5.69 Å². The second-order valence-electron chi connectivity index (χ2n) is 17.4. The van der Waals surface area contributed by atoms with Crippen molar-refractivity contribution in [2.24, 2.45) is 0 Å². The Morgan fingerprint density at radius 3 is 1.45 bits per heavy atom. The van der Waals surface area contributed by atoms with E-state index < -0.39 is 0 Å². The molecular weight excluding hydrogens is 777 g/mol. The number of hydrogen-bond donors (Lipinski definition) is 0. The molecule has 0 bridgehead atoms. The Bertz CT molecular complexity index is 3320. The van der Waals surface area contributed by atoms with E-state index in [2.05, 4.69) is 254 Å². The zero-order chi connectivity index (χ0) is 42.8. The highest BCUT2D eigenvalue weighted by atomic mass is 16.5. The molecule has 3 heteroatoms. The Hall–Kier alpha value is -8.14. The second-order valence-corrected chi connectivity index (χ2v) is 17.4. The molecular formula is C61H44N2O. The smallest absolute Gasteiger partial charge is 0.138 e. The summed E-state index contributed by atoms with van der Waals surface area (Å²) in [6.07, 6.45) is 0. The van der Waals surface area contributed by atoms with Gasteiger partial charge in [-0.1, -0.05) is 166 Å². The normalized spacial score (nSPS) is 12.8. The molecule has 1 aliphatic heterocycles. The maximum absolute atomic E-state index is 7.09. The van der Waals surface area contributed by atoms with E-state index in [0.29, 0.717) is 0 Å².